The lowest BCUT2D eigenvalue weighted by molar-refractivity contribution is -0.122. The Kier molecular flexibility index (Phi) is 6.79. The molecule has 2 rings (SSSR count). The van der Waals surface area contributed by atoms with Crippen molar-refractivity contribution >= 4 is 29.0 Å². The van der Waals surface area contributed by atoms with E-state index in [2.05, 4.69) is 10.6 Å². The second-order valence-corrected chi connectivity index (χ2v) is 6.27. The smallest absolute Gasteiger partial charge is 0.241 e. The van der Waals surface area contributed by atoms with Gasteiger partial charge in [-0.1, -0.05) is 0 Å². The molecule has 0 aromatic heterocycles. The van der Waals surface area contributed by atoms with Crippen molar-refractivity contribution in [2.45, 2.75) is 19.9 Å². The standard InChI is InChI=1S/C20H22FN3O3/c1-13(20(27)23-18-8-4-15(5-9-18)14(2)25)24(3)12-19(26)22-17-10-6-16(21)7-11-17/h4-11,13H,12H2,1-3H3,(H,22,26)(H,23,27)/t13-/m1/s1. The molecule has 0 heterocycles. The predicted molar refractivity (Wildman–Crippen MR) is 102 cm³/mol. The molecule has 0 aliphatic rings. The highest BCUT2D eigenvalue weighted by Crippen LogP contribution is 2.12. The molecule has 0 aliphatic carbocycles. The summed E-state index contributed by atoms with van der Waals surface area (Å²) in [6, 6.07) is 11.5. The molecule has 6 nitrogen and oxygen atoms in total. The highest BCUT2D eigenvalue weighted by atomic mass is 19.1. The van der Waals surface area contributed by atoms with Crippen LogP contribution in [0.15, 0.2) is 48.5 Å². The van der Waals surface area contributed by atoms with Crippen molar-refractivity contribution in [3.05, 3.63) is 59.9 Å². The zero-order chi connectivity index (χ0) is 20.0. The number of hydrogen-bond donors (Lipinski definition) is 2. The summed E-state index contributed by atoms with van der Waals surface area (Å²) in [5, 5.41) is 5.40. The molecule has 0 spiro atoms. The number of likely N-dealkylation sites (N-methyl/N-ethyl adjacent to an activating group) is 1. The van der Waals surface area contributed by atoms with Gasteiger partial charge in [-0.25, -0.2) is 4.39 Å². The minimum atomic E-state index is -0.559. The number of benzene rings is 2. The maximum Gasteiger partial charge on any atom is 0.241 e. The van der Waals surface area contributed by atoms with Crippen molar-refractivity contribution in [2.75, 3.05) is 24.2 Å². The average molecular weight is 371 g/mol. The van der Waals surface area contributed by atoms with Crippen LogP contribution in [0.2, 0.25) is 0 Å². The van der Waals surface area contributed by atoms with Crippen molar-refractivity contribution in [1.29, 1.82) is 0 Å². The fourth-order valence-electron chi connectivity index (χ4n) is 2.33. The first-order chi connectivity index (χ1) is 12.8. The van der Waals surface area contributed by atoms with E-state index < -0.39 is 6.04 Å². The quantitative estimate of drug-likeness (QED) is 0.734. The highest BCUT2D eigenvalue weighted by molar-refractivity contribution is 5.97. The Balaban J connectivity index is 1.88. The van der Waals surface area contributed by atoms with Gasteiger partial charge in [-0.05, 0) is 69.4 Å². The molecule has 2 N–H and O–H groups in total. The van der Waals surface area contributed by atoms with Gasteiger partial charge in [0.1, 0.15) is 5.82 Å². The summed E-state index contributed by atoms with van der Waals surface area (Å²) in [5.41, 5.74) is 1.62. The van der Waals surface area contributed by atoms with Crippen LogP contribution in [-0.2, 0) is 9.59 Å². The number of nitrogens with zero attached hydrogens (tertiary/aromatic N) is 1. The van der Waals surface area contributed by atoms with Crippen LogP contribution in [0.4, 0.5) is 15.8 Å². The fraction of sp³-hybridized carbons (Fsp3) is 0.250. The summed E-state index contributed by atoms with van der Waals surface area (Å²) in [6.45, 7) is 3.15. The molecule has 0 saturated heterocycles. The van der Waals surface area contributed by atoms with Gasteiger partial charge >= 0.3 is 0 Å². The number of nitrogens with one attached hydrogen (secondary N) is 2. The van der Waals surface area contributed by atoms with Gasteiger partial charge < -0.3 is 10.6 Å². The zero-order valence-electron chi connectivity index (χ0n) is 15.5. The molecule has 2 amide bonds. The van der Waals surface area contributed by atoms with E-state index >= 15 is 0 Å². The molecule has 0 saturated carbocycles. The van der Waals surface area contributed by atoms with Gasteiger partial charge in [0.2, 0.25) is 11.8 Å². The van der Waals surface area contributed by atoms with Crippen molar-refractivity contribution in [2.24, 2.45) is 0 Å². The summed E-state index contributed by atoms with van der Waals surface area (Å²) >= 11 is 0. The third kappa shape index (κ3) is 6.00. The van der Waals surface area contributed by atoms with E-state index in [0.29, 0.717) is 16.9 Å². The first-order valence-corrected chi connectivity index (χ1v) is 8.44. The Hall–Kier alpha value is -3.06. The first kappa shape index (κ1) is 20.3. The summed E-state index contributed by atoms with van der Waals surface area (Å²) in [6.07, 6.45) is 0. The molecule has 142 valence electrons. The van der Waals surface area contributed by atoms with Crippen molar-refractivity contribution in [1.82, 2.24) is 4.90 Å². The number of anilines is 2. The largest absolute Gasteiger partial charge is 0.325 e. The monoisotopic (exact) mass is 371 g/mol. The summed E-state index contributed by atoms with van der Waals surface area (Å²) in [5.74, 6) is -1.02. The van der Waals surface area contributed by atoms with Crippen LogP contribution in [0.1, 0.15) is 24.2 Å². The Morgan fingerprint density at radius 3 is 2.04 bits per heavy atom. The Morgan fingerprint density at radius 1 is 0.963 bits per heavy atom. The van der Waals surface area contributed by atoms with E-state index in [1.807, 2.05) is 0 Å². The minimum absolute atomic E-state index is 0.00472. The number of carbonyl (C=O) groups is 3. The summed E-state index contributed by atoms with van der Waals surface area (Å²) in [4.78, 5) is 37.3. The van der Waals surface area contributed by atoms with E-state index in [1.165, 1.54) is 31.2 Å². The molecule has 0 unspecified atom stereocenters. The Morgan fingerprint density at radius 2 is 1.48 bits per heavy atom. The molecule has 0 aliphatic heterocycles. The van der Waals surface area contributed by atoms with E-state index in [9.17, 15) is 18.8 Å². The Labute approximate surface area is 157 Å². The Bertz CT molecular complexity index is 819. The normalized spacial score (nSPS) is 11.7. The summed E-state index contributed by atoms with van der Waals surface area (Å²) < 4.78 is 12.9. The lowest BCUT2D eigenvalue weighted by atomic mass is 10.1. The predicted octanol–water partition coefficient (Wildman–Crippen LogP) is 2.93. The van der Waals surface area contributed by atoms with Crippen molar-refractivity contribution in [3.63, 3.8) is 0 Å². The van der Waals surface area contributed by atoms with Crippen LogP contribution in [0, 0.1) is 5.82 Å². The van der Waals surface area contributed by atoms with Crippen LogP contribution >= 0.6 is 0 Å². The first-order valence-electron chi connectivity index (χ1n) is 8.44. The lowest BCUT2D eigenvalue weighted by Crippen LogP contribution is -2.43. The second kappa shape index (κ2) is 9.05. The number of carbonyl (C=O) groups excluding carboxylic acids is 3. The molecular formula is C20H22FN3O3. The fourth-order valence-corrected chi connectivity index (χ4v) is 2.33. The second-order valence-electron chi connectivity index (χ2n) is 6.27. The van der Waals surface area contributed by atoms with Crippen LogP contribution in [0.25, 0.3) is 0 Å². The number of hydrogen-bond acceptors (Lipinski definition) is 4. The average Bonchev–Trinajstić information content (AvgIpc) is 2.63. The highest BCUT2D eigenvalue weighted by Gasteiger charge is 2.20. The summed E-state index contributed by atoms with van der Waals surface area (Å²) in [7, 11) is 1.66. The molecule has 0 radical (unpaired) electrons. The topological polar surface area (TPSA) is 78.5 Å². The van der Waals surface area contributed by atoms with E-state index in [4.69, 9.17) is 0 Å². The van der Waals surface area contributed by atoms with Crippen molar-refractivity contribution in [3.8, 4) is 0 Å². The third-order valence-corrected chi connectivity index (χ3v) is 4.12. The van der Waals surface area contributed by atoms with Crippen LogP contribution in [0.5, 0.6) is 0 Å². The molecule has 27 heavy (non-hydrogen) atoms. The zero-order valence-corrected chi connectivity index (χ0v) is 15.5. The van der Waals surface area contributed by atoms with Gasteiger partial charge in [0.05, 0.1) is 12.6 Å². The molecule has 7 heteroatoms. The molecule has 0 fully saturated rings. The van der Waals surface area contributed by atoms with Gasteiger partial charge in [-0.2, -0.15) is 0 Å². The number of rotatable bonds is 7. The molecule has 2 aromatic carbocycles. The molecule has 2 aromatic rings. The third-order valence-electron chi connectivity index (χ3n) is 4.12. The van der Waals surface area contributed by atoms with Gasteiger partial charge in [0, 0.05) is 16.9 Å². The van der Waals surface area contributed by atoms with Gasteiger partial charge in [-0.15, -0.1) is 0 Å². The van der Waals surface area contributed by atoms with Gasteiger partial charge in [-0.3, -0.25) is 19.3 Å². The molecule has 0 bridgehead atoms. The SMILES string of the molecule is CC(=O)c1ccc(NC(=O)[C@@H](C)N(C)CC(=O)Nc2ccc(F)cc2)cc1. The lowest BCUT2D eigenvalue weighted by Gasteiger charge is -2.23. The maximum atomic E-state index is 12.9. The van der Waals surface area contributed by atoms with E-state index in [0.717, 1.165) is 0 Å². The van der Waals surface area contributed by atoms with E-state index in [1.54, 1.807) is 43.1 Å². The number of ketones is 1. The maximum absolute atomic E-state index is 12.9. The van der Waals surface area contributed by atoms with Gasteiger partial charge in [0.25, 0.3) is 0 Å². The van der Waals surface area contributed by atoms with Crippen LogP contribution < -0.4 is 10.6 Å². The van der Waals surface area contributed by atoms with Crippen molar-refractivity contribution < 1.29 is 18.8 Å². The number of Topliss-reactive ketones (excluding diaryl/α,β-unsaturated/α-hetero) is 1. The van der Waals surface area contributed by atoms with Crippen LogP contribution in [0.3, 0.4) is 0 Å². The molecule has 1 atom stereocenters. The number of halogens is 1. The van der Waals surface area contributed by atoms with E-state index in [-0.39, 0.29) is 30.0 Å². The van der Waals surface area contributed by atoms with Crippen LogP contribution in [-0.4, -0.2) is 42.1 Å². The minimum Gasteiger partial charge on any atom is -0.325 e. The number of amides is 2. The van der Waals surface area contributed by atoms with Gasteiger partial charge in [0.15, 0.2) is 5.78 Å². The molecular weight excluding hydrogens is 349 g/mol.